The van der Waals surface area contributed by atoms with Crippen molar-refractivity contribution in [3.63, 3.8) is 0 Å². The SMILES string of the molecule is COc1cc(-c2cn3ncc(C)c3c(OC(C)C3CNC(=O)C3)n2)ccc1N1CCN(C2COC2)CC1. The zero-order chi connectivity index (χ0) is 25.5. The molecule has 2 aromatic heterocycles. The quantitative estimate of drug-likeness (QED) is 0.521. The third-order valence-corrected chi connectivity index (χ3v) is 7.89. The largest absolute Gasteiger partial charge is 0.495 e. The van der Waals surface area contributed by atoms with Gasteiger partial charge in [-0.05, 0) is 26.0 Å². The highest BCUT2D eigenvalue weighted by Crippen LogP contribution is 2.35. The van der Waals surface area contributed by atoms with Crippen LogP contribution in [0.4, 0.5) is 5.69 Å². The van der Waals surface area contributed by atoms with Crippen molar-refractivity contribution in [3.05, 3.63) is 36.2 Å². The van der Waals surface area contributed by atoms with Gasteiger partial charge in [-0.3, -0.25) is 9.69 Å². The molecule has 2 atom stereocenters. The van der Waals surface area contributed by atoms with E-state index < -0.39 is 0 Å². The lowest BCUT2D eigenvalue weighted by Gasteiger charge is -2.43. The van der Waals surface area contributed by atoms with Crippen LogP contribution in [0.5, 0.6) is 11.6 Å². The predicted molar refractivity (Wildman–Crippen MR) is 139 cm³/mol. The fraction of sp³-hybridized carbons (Fsp3) is 0.519. The van der Waals surface area contributed by atoms with E-state index >= 15 is 0 Å². The van der Waals surface area contributed by atoms with Crippen LogP contribution in [0.2, 0.25) is 0 Å². The zero-order valence-electron chi connectivity index (χ0n) is 21.6. The first-order valence-electron chi connectivity index (χ1n) is 13.0. The highest BCUT2D eigenvalue weighted by molar-refractivity contribution is 5.78. The molecule has 196 valence electrons. The number of benzene rings is 1. The van der Waals surface area contributed by atoms with Crippen LogP contribution in [-0.2, 0) is 9.53 Å². The van der Waals surface area contributed by atoms with Gasteiger partial charge in [-0.1, -0.05) is 6.07 Å². The van der Waals surface area contributed by atoms with Gasteiger partial charge in [0, 0.05) is 56.2 Å². The molecule has 3 fully saturated rings. The molecule has 0 spiro atoms. The Labute approximate surface area is 216 Å². The summed E-state index contributed by atoms with van der Waals surface area (Å²) in [6.45, 7) is 10.3. The molecular formula is C27H34N6O4. The maximum absolute atomic E-state index is 11.7. The number of nitrogens with one attached hydrogen (secondary N) is 1. The van der Waals surface area contributed by atoms with Gasteiger partial charge < -0.3 is 24.4 Å². The van der Waals surface area contributed by atoms with Crippen LogP contribution in [0.15, 0.2) is 30.6 Å². The first-order chi connectivity index (χ1) is 18.0. The highest BCUT2D eigenvalue weighted by atomic mass is 16.5. The minimum atomic E-state index is -0.165. The van der Waals surface area contributed by atoms with E-state index in [9.17, 15) is 4.79 Å². The summed E-state index contributed by atoms with van der Waals surface area (Å²) in [6, 6.07) is 6.82. The Kier molecular flexibility index (Phi) is 6.37. The number of fused-ring (bicyclic) bond motifs is 1. The van der Waals surface area contributed by atoms with Crippen molar-refractivity contribution in [2.24, 2.45) is 5.92 Å². The second-order valence-electron chi connectivity index (χ2n) is 10.2. The molecule has 2 unspecified atom stereocenters. The van der Waals surface area contributed by atoms with Crippen LogP contribution in [0, 0.1) is 12.8 Å². The van der Waals surface area contributed by atoms with Crippen LogP contribution in [0.1, 0.15) is 18.9 Å². The van der Waals surface area contributed by atoms with Gasteiger partial charge in [0.2, 0.25) is 11.8 Å². The van der Waals surface area contributed by atoms with Gasteiger partial charge in [-0.2, -0.15) is 5.10 Å². The zero-order valence-corrected chi connectivity index (χ0v) is 21.6. The predicted octanol–water partition coefficient (Wildman–Crippen LogP) is 2.14. The number of carbonyl (C=O) groups is 1. The molecule has 0 saturated carbocycles. The molecule has 10 heteroatoms. The van der Waals surface area contributed by atoms with E-state index in [1.54, 1.807) is 7.11 Å². The summed E-state index contributed by atoms with van der Waals surface area (Å²) < 4.78 is 19.4. The maximum Gasteiger partial charge on any atom is 0.241 e. The number of methoxy groups -OCH3 is 1. The number of carbonyl (C=O) groups excluding carboxylic acids is 1. The minimum absolute atomic E-state index is 0.0680. The van der Waals surface area contributed by atoms with E-state index in [2.05, 4.69) is 32.3 Å². The van der Waals surface area contributed by atoms with Crippen molar-refractivity contribution in [2.45, 2.75) is 32.4 Å². The number of ether oxygens (including phenoxy) is 3. The Morgan fingerprint density at radius 2 is 2.00 bits per heavy atom. The summed E-state index contributed by atoms with van der Waals surface area (Å²) >= 11 is 0. The molecule has 10 nitrogen and oxygen atoms in total. The molecule has 0 radical (unpaired) electrons. The number of piperazine rings is 1. The topological polar surface area (TPSA) is 93.5 Å². The summed E-state index contributed by atoms with van der Waals surface area (Å²) in [5, 5.41) is 7.42. The van der Waals surface area contributed by atoms with E-state index in [-0.39, 0.29) is 17.9 Å². The van der Waals surface area contributed by atoms with Crippen LogP contribution < -0.4 is 19.7 Å². The van der Waals surface area contributed by atoms with Crippen molar-refractivity contribution in [3.8, 4) is 22.9 Å². The average Bonchev–Trinajstić information content (AvgIpc) is 3.49. The van der Waals surface area contributed by atoms with Crippen LogP contribution >= 0.6 is 0 Å². The van der Waals surface area contributed by atoms with Gasteiger partial charge in [-0.25, -0.2) is 9.50 Å². The Morgan fingerprint density at radius 1 is 1.19 bits per heavy atom. The molecule has 3 saturated heterocycles. The first-order valence-corrected chi connectivity index (χ1v) is 13.0. The Balaban J connectivity index is 1.27. The van der Waals surface area contributed by atoms with Gasteiger partial charge in [0.1, 0.15) is 17.4 Å². The van der Waals surface area contributed by atoms with Crippen LogP contribution in [-0.4, -0.2) is 90.6 Å². The third-order valence-electron chi connectivity index (χ3n) is 7.89. The van der Waals surface area contributed by atoms with Crippen molar-refractivity contribution >= 4 is 17.1 Å². The van der Waals surface area contributed by atoms with E-state index in [0.717, 1.165) is 73.2 Å². The standard InChI is InChI=1S/C27H34N6O4/c1-17-12-29-33-14-22(30-27(26(17)33)37-18(2)20-11-25(34)28-13-20)19-4-5-23(24(10-19)35-3)32-8-6-31(7-9-32)21-15-36-16-21/h4-5,10,12,14,18,20-21H,6-9,11,13,15-16H2,1-3H3,(H,28,34). The van der Waals surface area contributed by atoms with Gasteiger partial charge in [-0.15, -0.1) is 0 Å². The molecule has 1 N–H and O–H groups in total. The summed E-state index contributed by atoms with van der Waals surface area (Å²) in [5.74, 6) is 1.53. The van der Waals surface area contributed by atoms with Crippen molar-refractivity contribution in [2.75, 3.05) is 57.9 Å². The molecular weight excluding hydrogens is 472 g/mol. The monoisotopic (exact) mass is 506 g/mol. The van der Waals surface area contributed by atoms with Crippen molar-refractivity contribution < 1.29 is 19.0 Å². The highest BCUT2D eigenvalue weighted by Gasteiger charge is 2.31. The number of aromatic nitrogens is 3. The van der Waals surface area contributed by atoms with Crippen molar-refractivity contribution in [1.82, 2.24) is 24.8 Å². The molecule has 0 bridgehead atoms. The molecule has 5 heterocycles. The summed E-state index contributed by atoms with van der Waals surface area (Å²) in [4.78, 5) is 21.5. The maximum atomic E-state index is 11.7. The molecule has 6 rings (SSSR count). The number of hydrogen-bond donors (Lipinski definition) is 1. The summed E-state index contributed by atoms with van der Waals surface area (Å²) in [5.41, 5.74) is 4.60. The number of amides is 1. The first kappa shape index (κ1) is 24.0. The second kappa shape index (κ2) is 9.83. The van der Waals surface area contributed by atoms with E-state index in [4.69, 9.17) is 19.2 Å². The number of anilines is 1. The van der Waals surface area contributed by atoms with E-state index in [0.29, 0.717) is 24.9 Å². The fourth-order valence-corrected chi connectivity index (χ4v) is 5.43. The Bertz CT molecular complexity index is 1300. The van der Waals surface area contributed by atoms with Gasteiger partial charge >= 0.3 is 0 Å². The molecule has 3 aliphatic rings. The smallest absolute Gasteiger partial charge is 0.241 e. The average molecular weight is 507 g/mol. The molecule has 1 aromatic carbocycles. The molecule has 0 aliphatic carbocycles. The van der Waals surface area contributed by atoms with Crippen LogP contribution in [0.3, 0.4) is 0 Å². The lowest BCUT2D eigenvalue weighted by atomic mass is 10.0. The van der Waals surface area contributed by atoms with Gasteiger partial charge in [0.05, 0.1) is 50.1 Å². The second-order valence-corrected chi connectivity index (χ2v) is 10.2. The normalized spacial score (nSPS) is 21.6. The lowest BCUT2D eigenvalue weighted by molar-refractivity contribution is -0.119. The number of rotatable bonds is 7. The Morgan fingerprint density at radius 3 is 2.68 bits per heavy atom. The minimum Gasteiger partial charge on any atom is -0.495 e. The molecule has 3 aromatic rings. The number of aryl methyl sites for hydroxylation is 1. The summed E-state index contributed by atoms with van der Waals surface area (Å²) in [7, 11) is 1.71. The fourth-order valence-electron chi connectivity index (χ4n) is 5.43. The van der Waals surface area contributed by atoms with Gasteiger partial charge in [0.25, 0.3) is 0 Å². The van der Waals surface area contributed by atoms with Crippen molar-refractivity contribution in [1.29, 1.82) is 0 Å². The van der Waals surface area contributed by atoms with E-state index in [1.165, 1.54) is 0 Å². The van der Waals surface area contributed by atoms with Crippen LogP contribution in [0.25, 0.3) is 16.8 Å². The third kappa shape index (κ3) is 4.59. The number of nitrogens with zero attached hydrogens (tertiary/aromatic N) is 5. The molecule has 37 heavy (non-hydrogen) atoms. The molecule has 1 amide bonds. The Hall–Kier alpha value is -3.37. The van der Waals surface area contributed by atoms with Gasteiger partial charge in [0.15, 0.2) is 0 Å². The lowest BCUT2D eigenvalue weighted by Crippen LogP contribution is -2.56. The summed E-state index contributed by atoms with van der Waals surface area (Å²) in [6.07, 6.45) is 4.05. The number of hydrogen-bond acceptors (Lipinski definition) is 8. The van der Waals surface area contributed by atoms with E-state index in [1.807, 2.05) is 36.8 Å². The molecule has 3 aliphatic heterocycles.